The summed E-state index contributed by atoms with van der Waals surface area (Å²) in [5.41, 5.74) is 7.27. The molecule has 1 aromatic carbocycles. The lowest BCUT2D eigenvalue weighted by Crippen LogP contribution is -2.30. The maximum absolute atomic E-state index is 11.0. The molecule has 26 heavy (non-hydrogen) atoms. The largest absolute Gasteiger partial charge is 0.486 e. The molecular formula is C20H24N4O2. The third kappa shape index (κ3) is 3.51. The minimum absolute atomic E-state index is 0.0780. The van der Waals surface area contributed by atoms with Crippen molar-refractivity contribution < 1.29 is 9.53 Å². The Hall–Kier alpha value is -2.60. The van der Waals surface area contributed by atoms with Gasteiger partial charge in [-0.25, -0.2) is 4.98 Å². The van der Waals surface area contributed by atoms with E-state index in [1.54, 1.807) is 0 Å². The van der Waals surface area contributed by atoms with Crippen LogP contribution in [0.2, 0.25) is 0 Å². The van der Waals surface area contributed by atoms with Crippen molar-refractivity contribution in [2.24, 2.45) is 5.73 Å². The number of primary amides is 1. The highest BCUT2D eigenvalue weighted by Gasteiger charge is 2.25. The molecule has 0 radical (unpaired) electrons. The fraction of sp³-hybridized carbons (Fsp3) is 0.400. The summed E-state index contributed by atoms with van der Waals surface area (Å²) >= 11 is 0. The molecule has 1 amide bonds. The molecule has 4 rings (SSSR count). The van der Waals surface area contributed by atoms with Gasteiger partial charge >= 0.3 is 0 Å². The Morgan fingerprint density at radius 1 is 1.35 bits per heavy atom. The molecule has 0 aliphatic heterocycles. The number of ether oxygens (including phenoxy) is 1. The SMILES string of the molecule is NC(=O)CNCc1nc2ccc(OC3C=CC=CC3)cc2n1C1CCC1. The zero-order chi connectivity index (χ0) is 17.9. The predicted octanol–water partition coefficient (Wildman–Crippen LogP) is 2.60. The quantitative estimate of drug-likeness (QED) is 0.802. The average Bonchev–Trinajstić information content (AvgIpc) is 2.92. The molecule has 1 aromatic heterocycles. The van der Waals surface area contributed by atoms with Crippen molar-refractivity contribution in [1.82, 2.24) is 14.9 Å². The first-order chi connectivity index (χ1) is 12.7. The number of carbonyl (C=O) groups is 1. The van der Waals surface area contributed by atoms with Gasteiger partial charge in [0.25, 0.3) is 0 Å². The summed E-state index contributed by atoms with van der Waals surface area (Å²) in [5.74, 6) is 1.45. The van der Waals surface area contributed by atoms with E-state index < -0.39 is 0 Å². The number of nitrogens with one attached hydrogen (secondary N) is 1. The number of hydrogen-bond donors (Lipinski definition) is 2. The molecular weight excluding hydrogens is 328 g/mol. The number of allylic oxidation sites excluding steroid dienone is 2. The van der Waals surface area contributed by atoms with Crippen LogP contribution in [0.15, 0.2) is 42.5 Å². The van der Waals surface area contributed by atoms with Gasteiger partial charge in [-0.2, -0.15) is 0 Å². The van der Waals surface area contributed by atoms with E-state index in [0.29, 0.717) is 12.6 Å². The van der Waals surface area contributed by atoms with E-state index in [0.717, 1.165) is 41.9 Å². The molecule has 3 N–H and O–H groups in total. The smallest absolute Gasteiger partial charge is 0.231 e. The molecule has 0 spiro atoms. The number of nitrogens with two attached hydrogens (primary N) is 1. The van der Waals surface area contributed by atoms with Crippen LogP contribution in [0.1, 0.15) is 37.5 Å². The number of fused-ring (bicyclic) bond motifs is 1. The molecule has 1 atom stereocenters. The van der Waals surface area contributed by atoms with Gasteiger partial charge in [-0.05, 0) is 37.5 Å². The number of carbonyl (C=O) groups excluding carboxylic acids is 1. The highest BCUT2D eigenvalue weighted by molar-refractivity contribution is 5.78. The lowest BCUT2D eigenvalue weighted by Gasteiger charge is -2.29. The Balaban J connectivity index is 1.61. The van der Waals surface area contributed by atoms with Crippen LogP contribution >= 0.6 is 0 Å². The maximum atomic E-state index is 11.0. The number of rotatable bonds is 7. The highest BCUT2D eigenvalue weighted by atomic mass is 16.5. The molecule has 1 unspecified atom stereocenters. The molecule has 0 bridgehead atoms. The molecule has 1 saturated carbocycles. The van der Waals surface area contributed by atoms with Gasteiger partial charge in [0, 0.05) is 18.5 Å². The molecule has 0 saturated heterocycles. The van der Waals surface area contributed by atoms with Crippen LogP contribution in [0, 0.1) is 0 Å². The topological polar surface area (TPSA) is 82.2 Å². The van der Waals surface area contributed by atoms with Gasteiger partial charge in [0.15, 0.2) is 0 Å². The summed E-state index contributed by atoms with van der Waals surface area (Å²) in [6.07, 6.45) is 12.8. The second-order valence-electron chi connectivity index (χ2n) is 6.91. The molecule has 2 aromatic rings. The van der Waals surface area contributed by atoms with Crippen LogP contribution in [0.4, 0.5) is 0 Å². The molecule has 136 valence electrons. The van der Waals surface area contributed by atoms with Crippen molar-refractivity contribution in [2.75, 3.05) is 6.54 Å². The van der Waals surface area contributed by atoms with Crippen LogP contribution in [0.25, 0.3) is 11.0 Å². The van der Waals surface area contributed by atoms with E-state index in [1.807, 2.05) is 24.3 Å². The molecule has 6 heteroatoms. The lowest BCUT2D eigenvalue weighted by molar-refractivity contribution is -0.117. The summed E-state index contributed by atoms with van der Waals surface area (Å²) in [4.78, 5) is 15.8. The van der Waals surface area contributed by atoms with Gasteiger partial charge in [-0.1, -0.05) is 18.2 Å². The second kappa shape index (κ2) is 7.33. The van der Waals surface area contributed by atoms with E-state index >= 15 is 0 Å². The van der Waals surface area contributed by atoms with Gasteiger partial charge < -0.3 is 20.4 Å². The summed E-state index contributed by atoms with van der Waals surface area (Å²) in [6, 6.07) is 6.55. The van der Waals surface area contributed by atoms with Crippen molar-refractivity contribution in [3.63, 3.8) is 0 Å². The standard InChI is InChI=1S/C20H24N4O2/c21-19(25)12-22-13-20-23-17-10-9-16(26-15-7-2-1-3-8-15)11-18(17)24(20)14-5-4-6-14/h1-3,7,9-11,14-15,22H,4-6,8,12-13H2,(H2,21,25). The van der Waals surface area contributed by atoms with Crippen molar-refractivity contribution in [1.29, 1.82) is 0 Å². The first-order valence-electron chi connectivity index (χ1n) is 9.20. The summed E-state index contributed by atoms with van der Waals surface area (Å²) in [7, 11) is 0. The van der Waals surface area contributed by atoms with Crippen molar-refractivity contribution in [2.45, 2.75) is 44.4 Å². The zero-order valence-electron chi connectivity index (χ0n) is 14.7. The van der Waals surface area contributed by atoms with Crippen LogP contribution in [0.5, 0.6) is 5.75 Å². The van der Waals surface area contributed by atoms with Gasteiger partial charge in [0.1, 0.15) is 17.7 Å². The van der Waals surface area contributed by atoms with E-state index in [4.69, 9.17) is 15.5 Å². The number of aromatic nitrogens is 2. The Kier molecular flexibility index (Phi) is 4.75. The van der Waals surface area contributed by atoms with Crippen LogP contribution in [0.3, 0.4) is 0 Å². The predicted molar refractivity (Wildman–Crippen MR) is 101 cm³/mol. The first kappa shape index (κ1) is 16.8. The number of imidazole rings is 1. The van der Waals surface area contributed by atoms with Crippen LogP contribution < -0.4 is 15.8 Å². The van der Waals surface area contributed by atoms with E-state index in [9.17, 15) is 4.79 Å². The highest BCUT2D eigenvalue weighted by Crippen LogP contribution is 2.36. The number of nitrogens with zero attached hydrogens (tertiary/aromatic N) is 2. The maximum Gasteiger partial charge on any atom is 0.231 e. The second-order valence-corrected chi connectivity index (χ2v) is 6.91. The van der Waals surface area contributed by atoms with Crippen LogP contribution in [-0.2, 0) is 11.3 Å². The van der Waals surface area contributed by atoms with Gasteiger partial charge in [-0.3, -0.25) is 4.79 Å². The monoisotopic (exact) mass is 352 g/mol. The van der Waals surface area contributed by atoms with Crippen molar-refractivity contribution >= 4 is 16.9 Å². The molecule has 6 nitrogen and oxygen atoms in total. The fourth-order valence-corrected chi connectivity index (χ4v) is 3.49. The minimum Gasteiger partial charge on any atom is -0.486 e. The third-order valence-electron chi connectivity index (χ3n) is 4.98. The number of hydrogen-bond acceptors (Lipinski definition) is 4. The molecule has 1 heterocycles. The Labute approximate surface area is 152 Å². The van der Waals surface area contributed by atoms with Crippen LogP contribution in [-0.4, -0.2) is 28.1 Å². The molecule has 2 aliphatic carbocycles. The van der Waals surface area contributed by atoms with E-state index in [1.165, 1.54) is 6.42 Å². The summed E-state index contributed by atoms with van der Waals surface area (Å²) in [6.45, 7) is 0.685. The Bertz CT molecular complexity index is 864. The zero-order valence-corrected chi connectivity index (χ0v) is 14.7. The van der Waals surface area contributed by atoms with Gasteiger partial charge in [0.2, 0.25) is 5.91 Å². The third-order valence-corrected chi connectivity index (χ3v) is 4.98. The fourth-order valence-electron chi connectivity index (χ4n) is 3.49. The molecule has 1 fully saturated rings. The number of amides is 1. The summed E-state index contributed by atoms with van der Waals surface area (Å²) < 4.78 is 8.42. The summed E-state index contributed by atoms with van der Waals surface area (Å²) in [5, 5.41) is 3.08. The minimum atomic E-state index is -0.360. The van der Waals surface area contributed by atoms with E-state index in [-0.39, 0.29) is 18.6 Å². The van der Waals surface area contributed by atoms with Gasteiger partial charge in [0.05, 0.1) is 24.1 Å². The van der Waals surface area contributed by atoms with Gasteiger partial charge in [-0.15, -0.1) is 0 Å². The average molecular weight is 352 g/mol. The van der Waals surface area contributed by atoms with E-state index in [2.05, 4.69) is 28.1 Å². The Morgan fingerprint density at radius 3 is 2.92 bits per heavy atom. The first-order valence-corrected chi connectivity index (χ1v) is 9.20. The molecule has 2 aliphatic rings. The van der Waals surface area contributed by atoms with Crippen molar-refractivity contribution in [3.05, 3.63) is 48.3 Å². The Morgan fingerprint density at radius 2 is 2.23 bits per heavy atom. The number of benzene rings is 1. The normalized spacial score (nSPS) is 19.6. The van der Waals surface area contributed by atoms with Crippen molar-refractivity contribution in [3.8, 4) is 5.75 Å². The lowest BCUT2D eigenvalue weighted by atomic mass is 9.92.